The zero-order valence-electron chi connectivity index (χ0n) is 14.6. The Morgan fingerprint density at radius 3 is 2.35 bits per heavy atom. The van der Waals surface area contributed by atoms with Gasteiger partial charge < -0.3 is 15.0 Å². The monoisotopic (exact) mass is 422 g/mol. The lowest BCUT2D eigenvalue weighted by atomic mass is 10.2. The summed E-state index contributed by atoms with van der Waals surface area (Å²) in [5.41, 5.74) is 1.39. The molecule has 0 unspecified atom stereocenters. The lowest BCUT2D eigenvalue weighted by Crippen LogP contribution is -2.22. The molecule has 0 spiro atoms. The standard InChI is InChI=1S/C19H20BrFN2O3/c1-3-23(4-2)15-8-5-13(6-9-15)19(25)26-12-18(24)22-17-10-7-14(20)11-16(17)21/h5-11H,3-4,12H2,1-2H3,(H,22,24). The Kier molecular flexibility index (Phi) is 7.15. The van der Waals surface area contributed by atoms with Crippen molar-refractivity contribution in [2.45, 2.75) is 13.8 Å². The van der Waals surface area contributed by atoms with Gasteiger partial charge in [-0.15, -0.1) is 0 Å². The number of hydrogen-bond donors (Lipinski definition) is 1. The van der Waals surface area contributed by atoms with Gasteiger partial charge in [-0.05, 0) is 56.3 Å². The van der Waals surface area contributed by atoms with E-state index in [1.54, 1.807) is 18.2 Å². The molecule has 0 aliphatic heterocycles. The minimum atomic E-state index is -0.612. The Morgan fingerprint density at radius 1 is 1.12 bits per heavy atom. The summed E-state index contributed by atoms with van der Waals surface area (Å²) < 4.78 is 19.2. The zero-order valence-corrected chi connectivity index (χ0v) is 16.2. The van der Waals surface area contributed by atoms with E-state index in [2.05, 4.69) is 40.0 Å². The van der Waals surface area contributed by atoms with E-state index < -0.39 is 24.3 Å². The molecule has 138 valence electrons. The fourth-order valence-corrected chi connectivity index (χ4v) is 2.72. The highest BCUT2D eigenvalue weighted by Gasteiger charge is 2.12. The van der Waals surface area contributed by atoms with Gasteiger partial charge in [-0.25, -0.2) is 9.18 Å². The van der Waals surface area contributed by atoms with E-state index in [0.29, 0.717) is 10.0 Å². The third-order valence-corrected chi connectivity index (χ3v) is 4.26. The number of nitrogens with one attached hydrogen (secondary N) is 1. The number of carbonyl (C=O) groups excluding carboxylic acids is 2. The van der Waals surface area contributed by atoms with Crippen molar-refractivity contribution in [1.82, 2.24) is 0 Å². The van der Waals surface area contributed by atoms with E-state index in [1.807, 2.05) is 12.1 Å². The minimum Gasteiger partial charge on any atom is -0.452 e. The number of nitrogens with zero attached hydrogens (tertiary/aromatic N) is 1. The number of amides is 1. The summed E-state index contributed by atoms with van der Waals surface area (Å²) in [5.74, 6) is -1.80. The molecule has 2 aromatic rings. The topological polar surface area (TPSA) is 58.6 Å². The number of anilines is 2. The van der Waals surface area contributed by atoms with Crippen LogP contribution < -0.4 is 10.2 Å². The summed E-state index contributed by atoms with van der Waals surface area (Å²) in [4.78, 5) is 26.0. The second-order valence-corrected chi connectivity index (χ2v) is 6.38. The first kappa shape index (κ1) is 19.9. The molecule has 1 amide bonds. The van der Waals surface area contributed by atoms with Crippen LogP contribution in [0, 0.1) is 5.82 Å². The Labute approximate surface area is 160 Å². The van der Waals surface area contributed by atoms with Crippen molar-refractivity contribution in [1.29, 1.82) is 0 Å². The fourth-order valence-electron chi connectivity index (χ4n) is 2.39. The van der Waals surface area contributed by atoms with Crippen LogP contribution in [-0.2, 0) is 9.53 Å². The van der Waals surface area contributed by atoms with Crippen LogP contribution in [0.5, 0.6) is 0 Å². The van der Waals surface area contributed by atoms with Crippen LogP contribution in [0.2, 0.25) is 0 Å². The molecule has 0 aromatic heterocycles. The average molecular weight is 423 g/mol. The van der Waals surface area contributed by atoms with Crippen LogP contribution in [-0.4, -0.2) is 31.6 Å². The van der Waals surface area contributed by atoms with E-state index in [1.165, 1.54) is 12.1 Å². The summed E-state index contributed by atoms with van der Waals surface area (Å²) in [7, 11) is 0. The molecule has 7 heteroatoms. The van der Waals surface area contributed by atoms with Crippen LogP contribution in [0.25, 0.3) is 0 Å². The number of carbonyl (C=O) groups is 2. The molecule has 0 atom stereocenters. The summed E-state index contributed by atoms with van der Waals surface area (Å²) in [6, 6.07) is 11.2. The first-order valence-electron chi connectivity index (χ1n) is 8.21. The Morgan fingerprint density at radius 2 is 1.77 bits per heavy atom. The third-order valence-electron chi connectivity index (χ3n) is 3.77. The van der Waals surface area contributed by atoms with Crippen molar-refractivity contribution in [2.75, 3.05) is 29.9 Å². The summed E-state index contributed by atoms with van der Waals surface area (Å²) >= 11 is 3.14. The molecular weight excluding hydrogens is 403 g/mol. The average Bonchev–Trinajstić information content (AvgIpc) is 2.63. The third kappa shape index (κ3) is 5.29. The number of rotatable bonds is 7. The predicted octanol–water partition coefficient (Wildman–Crippen LogP) is 4.23. The molecular formula is C19H20BrFN2O3. The van der Waals surface area contributed by atoms with Gasteiger partial charge in [0, 0.05) is 23.2 Å². The van der Waals surface area contributed by atoms with Gasteiger partial charge in [0.25, 0.3) is 5.91 Å². The molecule has 0 saturated carbocycles. The Bertz CT molecular complexity index is 777. The SMILES string of the molecule is CCN(CC)c1ccc(C(=O)OCC(=O)Nc2ccc(Br)cc2F)cc1. The van der Waals surface area contributed by atoms with E-state index in [-0.39, 0.29) is 5.69 Å². The van der Waals surface area contributed by atoms with Crippen molar-refractivity contribution in [3.63, 3.8) is 0 Å². The second kappa shape index (κ2) is 9.33. The lowest BCUT2D eigenvalue weighted by molar-refractivity contribution is -0.119. The Balaban J connectivity index is 1.90. The maximum atomic E-state index is 13.7. The van der Waals surface area contributed by atoms with E-state index in [4.69, 9.17) is 4.74 Å². The summed E-state index contributed by atoms with van der Waals surface area (Å²) in [6.07, 6.45) is 0. The van der Waals surface area contributed by atoms with Crippen molar-refractivity contribution in [3.8, 4) is 0 Å². The molecule has 1 N–H and O–H groups in total. The first-order valence-corrected chi connectivity index (χ1v) is 9.01. The summed E-state index contributed by atoms with van der Waals surface area (Å²) in [6.45, 7) is 5.35. The van der Waals surface area contributed by atoms with Gasteiger partial charge in [-0.3, -0.25) is 4.79 Å². The van der Waals surface area contributed by atoms with E-state index in [0.717, 1.165) is 18.8 Å². The van der Waals surface area contributed by atoms with E-state index in [9.17, 15) is 14.0 Å². The smallest absolute Gasteiger partial charge is 0.338 e. The normalized spacial score (nSPS) is 10.3. The van der Waals surface area contributed by atoms with Gasteiger partial charge in [-0.2, -0.15) is 0 Å². The molecule has 0 aliphatic carbocycles. The molecule has 0 radical (unpaired) electrons. The molecule has 0 fully saturated rings. The highest BCUT2D eigenvalue weighted by molar-refractivity contribution is 9.10. The summed E-state index contributed by atoms with van der Waals surface area (Å²) in [5, 5.41) is 2.36. The van der Waals surface area contributed by atoms with Gasteiger partial charge >= 0.3 is 5.97 Å². The van der Waals surface area contributed by atoms with Crippen molar-refractivity contribution in [2.24, 2.45) is 0 Å². The number of hydrogen-bond acceptors (Lipinski definition) is 4. The van der Waals surface area contributed by atoms with Crippen molar-refractivity contribution >= 4 is 39.2 Å². The molecule has 5 nitrogen and oxygen atoms in total. The van der Waals surface area contributed by atoms with Crippen LogP contribution in [0.15, 0.2) is 46.9 Å². The zero-order chi connectivity index (χ0) is 19.1. The quantitative estimate of drug-likeness (QED) is 0.678. The molecule has 0 bridgehead atoms. The highest BCUT2D eigenvalue weighted by atomic mass is 79.9. The van der Waals surface area contributed by atoms with Crippen molar-refractivity contribution < 1.29 is 18.7 Å². The predicted molar refractivity (Wildman–Crippen MR) is 103 cm³/mol. The molecule has 2 aromatic carbocycles. The number of ether oxygens (including phenoxy) is 1. The molecule has 0 saturated heterocycles. The minimum absolute atomic E-state index is 0.0258. The van der Waals surface area contributed by atoms with Gasteiger partial charge in [0.1, 0.15) is 5.82 Å². The maximum Gasteiger partial charge on any atom is 0.338 e. The van der Waals surface area contributed by atoms with E-state index >= 15 is 0 Å². The lowest BCUT2D eigenvalue weighted by Gasteiger charge is -2.20. The number of halogens is 2. The number of esters is 1. The number of benzene rings is 2. The second-order valence-electron chi connectivity index (χ2n) is 5.47. The molecule has 26 heavy (non-hydrogen) atoms. The largest absolute Gasteiger partial charge is 0.452 e. The van der Waals surface area contributed by atoms with Gasteiger partial charge in [0.15, 0.2) is 6.61 Å². The van der Waals surface area contributed by atoms with Crippen LogP contribution in [0.4, 0.5) is 15.8 Å². The van der Waals surface area contributed by atoms with Gasteiger partial charge in [0.2, 0.25) is 0 Å². The molecule has 0 heterocycles. The van der Waals surface area contributed by atoms with Gasteiger partial charge in [0.05, 0.1) is 11.3 Å². The molecule has 0 aliphatic rings. The van der Waals surface area contributed by atoms with Crippen LogP contribution in [0.1, 0.15) is 24.2 Å². The molecule has 2 rings (SSSR count). The van der Waals surface area contributed by atoms with Crippen LogP contribution >= 0.6 is 15.9 Å². The van der Waals surface area contributed by atoms with Crippen molar-refractivity contribution in [3.05, 3.63) is 58.3 Å². The highest BCUT2D eigenvalue weighted by Crippen LogP contribution is 2.19. The van der Waals surface area contributed by atoms with Gasteiger partial charge in [-0.1, -0.05) is 15.9 Å². The first-order chi connectivity index (χ1) is 12.4. The maximum absolute atomic E-state index is 13.7. The fraction of sp³-hybridized carbons (Fsp3) is 0.263. The van der Waals surface area contributed by atoms with Crippen LogP contribution in [0.3, 0.4) is 0 Å². The Hall–Kier alpha value is -2.41.